The Morgan fingerprint density at radius 2 is 1.81 bits per heavy atom. The molecule has 0 aliphatic carbocycles. The summed E-state index contributed by atoms with van der Waals surface area (Å²) in [6, 6.07) is 11.5. The van der Waals surface area contributed by atoms with Gasteiger partial charge in [0, 0.05) is 22.8 Å². The highest BCUT2D eigenvalue weighted by Crippen LogP contribution is 2.29. The van der Waals surface area contributed by atoms with E-state index < -0.39 is 22.8 Å². The van der Waals surface area contributed by atoms with Crippen molar-refractivity contribution in [3.8, 4) is 11.8 Å². The average molecular weight is 426 g/mol. The van der Waals surface area contributed by atoms with Crippen molar-refractivity contribution in [1.29, 1.82) is 0 Å². The molecule has 0 aliphatic rings. The van der Waals surface area contributed by atoms with Crippen LogP contribution >= 0.6 is 0 Å². The quantitative estimate of drug-likeness (QED) is 0.328. The van der Waals surface area contributed by atoms with Crippen molar-refractivity contribution >= 4 is 23.6 Å². The Morgan fingerprint density at radius 3 is 2.39 bits per heavy atom. The molecule has 0 unspecified atom stereocenters. The first-order valence-corrected chi connectivity index (χ1v) is 9.18. The lowest BCUT2D eigenvalue weighted by Gasteiger charge is -2.20. The third-order valence-electron chi connectivity index (χ3n) is 3.68. The van der Waals surface area contributed by atoms with Crippen LogP contribution < -0.4 is 5.32 Å². The van der Waals surface area contributed by atoms with Gasteiger partial charge < -0.3 is 14.2 Å². The summed E-state index contributed by atoms with van der Waals surface area (Å²) in [5.74, 6) is 5.76. The Labute approximate surface area is 179 Å². The Hall–Kier alpha value is -4.06. The predicted molar refractivity (Wildman–Crippen MR) is 113 cm³/mol. The van der Waals surface area contributed by atoms with Crippen LogP contribution in [0.2, 0.25) is 0 Å². The highest BCUT2D eigenvalue weighted by molar-refractivity contribution is 5.88. The molecule has 9 heteroatoms. The van der Waals surface area contributed by atoms with Crippen LogP contribution in [0.15, 0.2) is 42.5 Å². The maximum absolute atomic E-state index is 12.1. The Balaban J connectivity index is 2.48. The predicted octanol–water partition coefficient (Wildman–Crippen LogP) is 4.62. The van der Waals surface area contributed by atoms with Gasteiger partial charge in [-0.3, -0.25) is 15.4 Å². The maximum atomic E-state index is 12.1. The molecule has 2 aromatic carbocycles. The minimum Gasteiger partial charge on any atom is -0.444 e. The summed E-state index contributed by atoms with van der Waals surface area (Å²) in [6.07, 6.45) is -1.79. The van der Waals surface area contributed by atoms with Gasteiger partial charge in [0.15, 0.2) is 0 Å². The molecule has 2 aromatic rings. The molecule has 0 heterocycles. The van der Waals surface area contributed by atoms with Crippen LogP contribution in [0.5, 0.6) is 0 Å². The van der Waals surface area contributed by atoms with Gasteiger partial charge in [0.05, 0.1) is 12.0 Å². The second-order valence-corrected chi connectivity index (χ2v) is 7.27. The molecule has 0 saturated heterocycles. The number of amides is 1. The van der Waals surface area contributed by atoms with Gasteiger partial charge in [-0.1, -0.05) is 30.0 Å². The van der Waals surface area contributed by atoms with Crippen molar-refractivity contribution in [2.45, 2.75) is 33.0 Å². The number of hydrogen-bond acceptors (Lipinski definition) is 7. The number of rotatable bonds is 4. The number of methoxy groups -OCH3 is 1. The summed E-state index contributed by atoms with van der Waals surface area (Å²) in [5, 5.41) is 14.0. The Morgan fingerprint density at radius 1 is 1.13 bits per heavy atom. The largest absolute Gasteiger partial charge is 0.508 e. The van der Waals surface area contributed by atoms with Crippen molar-refractivity contribution < 1.29 is 28.7 Å². The zero-order valence-corrected chi connectivity index (χ0v) is 17.6. The summed E-state index contributed by atoms with van der Waals surface area (Å²) in [6.45, 7) is 4.73. The Bertz CT molecular complexity index is 1030. The molecular weight excluding hydrogens is 404 g/mol. The number of carbonyl (C=O) groups is 2. The van der Waals surface area contributed by atoms with Crippen LogP contribution in [0.1, 0.15) is 37.5 Å². The van der Waals surface area contributed by atoms with Gasteiger partial charge in [0.1, 0.15) is 17.9 Å². The van der Waals surface area contributed by atoms with E-state index in [1.165, 1.54) is 12.1 Å². The van der Waals surface area contributed by atoms with Gasteiger partial charge in [-0.2, -0.15) is 0 Å². The Kier molecular flexibility index (Phi) is 7.58. The lowest BCUT2D eigenvalue weighted by molar-refractivity contribution is -0.384. The van der Waals surface area contributed by atoms with Gasteiger partial charge in [-0.25, -0.2) is 9.59 Å². The first kappa shape index (κ1) is 23.2. The zero-order chi connectivity index (χ0) is 23.0. The first-order chi connectivity index (χ1) is 14.6. The minimum absolute atomic E-state index is 0.118. The van der Waals surface area contributed by atoms with Crippen LogP contribution in [0.25, 0.3) is 0 Å². The molecule has 0 aromatic heterocycles. The number of anilines is 1. The van der Waals surface area contributed by atoms with E-state index in [1.807, 2.05) is 18.2 Å². The summed E-state index contributed by atoms with van der Waals surface area (Å²) in [7, 11) is 1.16. The highest BCUT2D eigenvalue weighted by atomic mass is 16.7. The van der Waals surface area contributed by atoms with Gasteiger partial charge in [0.25, 0.3) is 5.69 Å². The summed E-state index contributed by atoms with van der Waals surface area (Å²) in [5.41, 5.74) is -0.00444. The summed E-state index contributed by atoms with van der Waals surface area (Å²) < 4.78 is 14.6. The fourth-order valence-corrected chi connectivity index (χ4v) is 2.39. The molecule has 0 aliphatic heterocycles. The third-order valence-corrected chi connectivity index (χ3v) is 3.68. The monoisotopic (exact) mass is 426 g/mol. The molecule has 31 heavy (non-hydrogen) atoms. The topological polar surface area (TPSA) is 117 Å². The molecule has 0 radical (unpaired) electrons. The van der Waals surface area contributed by atoms with E-state index in [0.29, 0.717) is 11.1 Å². The molecule has 0 atom stereocenters. The van der Waals surface area contributed by atoms with Crippen LogP contribution in [0, 0.1) is 22.0 Å². The van der Waals surface area contributed by atoms with Crippen LogP contribution in [-0.2, 0) is 20.8 Å². The summed E-state index contributed by atoms with van der Waals surface area (Å²) in [4.78, 5) is 34.5. The van der Waals surface area contributed by atoms with Gasteiger partial charge in [-0.05, 0) is 39.0 Å². The number of nitro groups is 1. The average Bonchev–Trinajstić information content (AvgIpc) is 2.70. The van der Waals surface area contributed by atoms with E-state index in [-0.39, 0.29) is 23.5 Å². The number of ether oxygens (including phenoxy) is 3. The molecular formula is C22H22N2O7. The van der Waals surface area contributed by atoms with Gasteiger partial charge >= 0.3 is 12.2 Å². The number of nitro benzene ring substituents is 1. The van der Waals surface area contributed by atoms with E-state index >= 15 is 0 Å². The van der Waals surface area contributed by atoms with E-state index in [9.17, 15) is 19.7 Å². The van der Waals surface area contributed by atoms with E-state index in [1.54, 1.807) is 32.9 Å². The van der Waals surface area contributed by atoms with Crippen LogP contribution in [0.4, 0.5) is 21.0 Å². The van der Waals surface area contributed by atoms with Gasteiger partial charge in [0.2, 0.25) is 0 Å². The number of hydrogen-bond donors (Lipinski definition) is 1. The molecule has 1 N–H and O–H groups in total. The van der Waals surface area contributed by atoms with Crippen molar-refractivity contribution in [2.75, 3.05) is 12.4 Å². The van der Waals surface area contributed by atoms with E-state index in [4.69, 9.17) is 9.47 Å². The smallest absolute Gasteiger partial charge is 0.444 e. The van der Waals surface area contributed by atoms with Crippen molar-refractivity contribution in [1.82, 2.24) is 0 Å². The standard InChI is InChI=1S/C22H22N2O7/c1-22(2,3)31-20(25)23-18-12-17(14-30-21(26)29-4)16(13-19(18)24(27)28)11-10-15-8-6-5-7-9-15/h5-9,12-13H,14H2,1-4H3,(H,23,25). The third kappa shape index (κ3) is 7.36. The fraction of sp³-hybridized carbons (Fsp3) is 0.273. The lowest BCUT2D eigenvalue weighted by Crippen LogP contribution is -2.27. The molecule has 162 valence electrons. The number of nitrogens with zero attached hydrogens (tertiary/aromatic N) is 1. The van der Waals surface area contributed by atoms with Crippen LogP contribution in [-0.4, -0.2) is 29.9 Å². The number of carbonyl (C=O) groups excluding carboxylic acids is 2. The molecule has 0 bridgehead atoms. The summed E-state index contributed by atoms with van der Waals surface area (Å²) >= 11 is 0. The minimum atomic E-state index is -0.929. The maximum Gasteiger partial charge on any atom is 0.508 e. The molecule has 0 saturated carbocycles. The normalized spacial score (nSPS) is 10.3. The first-order valence-electron chi connectivity index (χ1n) is 9.18. The fourth-order valence-electron chi connectivity index (χ4n) is 2.39. The molecule has 0 spiro atoms. The molecule has 0 fully saturated rings. The van der Waals surface area contributed by atoms with E-state index in [0.717, 1.165) is 7.11 Å². The SMILES string of the molecule is COC(=O)OCc1cc(NC(=O)OC(C)(C)C)c([N+](=O)[O-])cc1C#Cc1ccccc1. The van der Waals surface area contributed by atoms with Gasteiger partial charge in [-0.15, -0.1) is 0 Å². The van der Waals surface area contributed by atoms with Crippen LogP contribution in [0.3, 0.4) is 0 Å². The van der Waals surface area contributed by atoms with Crippen molar-refractivity contribution in [3.63, 3.8) is 0 Å². The number of nitrogens with one attached hydrogen (secondary N) is 1. The van der Waals surface area contributed by atoms with Crippen molar-refractivity contribution in [3.05, 3.63) is 69.3 Å². The highest BCUT2D eigenvalue weighted by Gasteiger charge is 2.23. The molecule has 2 rings (SSSR count). The second kappa shape index (κ2) is 10.1. The lowest BCUT2D eigenvalue weighted by atomic mass is 10.0. The van der Waals surface area contributed by atoms with E-state index in [2.05, 4.69) is 21.9 Å². The second-order valence-electron chi connectivity index (χ2n) is 7.27. The molecule has 9 nitrogen and oxygen atoms in total. The molecule has 1 amide bonds. The van der Waals surface area contributed by atoms with Crippen molar-refractivity contribution in [2.24, 2.45) is 0 Å². The number of benzene rings is 2. The zero-order valence-electron chi connectivity index (χ0n) is 17.6.